The topological polar surface area (TPSA) is 29.3 Å². The zero-order valence-corrected chi connectivity index (χ0v) is 11.4. The first-order valence-corrected chi connectivity index (χ1v) is 7.45. The minimum Gasteiger partial charge on any atom is -0.324 e. The van der Waals surface area contributed by atoms with Crippen LogP contribution in [0.15, 0.2) is 24.3 Å². The minimum absolute atomic E-state index is 0.00568. The van der Waals surface area contributed by atoms with Crippen molar-refractivity contribution in [2.45, 2.75) is 50.1 Å². The molecule has 1 aromatic carbocycles. The maximum atomic E-state index is 13.0. The van der Waals surface area contributed by atoms with Gasteiger partial charge in [-0.15, -0.1) is 0 Å². The molecule has 1 aromatic rings. The van der Waals surface area contributed by atoms with Crippen molar-refractivity contribution in [3.05, 3.63) is 35.6 Å². The van der Waals surface area contributed by atoms with E-state index in [9.17, 15) is 4.39 Å². The van der Waals surface area contributed by atoms with Gasteiger partial charge in [0.15, 0.2) is 0 Å². The molecule has 0 spiro atoms. The molecule has 104 valence electrons. The molecule has 1 saturated carbocycles. The molecule has 1 heterocycles. The van der Waals surface area contributed by atoms with Crippen LogP contribution in [0.3, 0.4) is 0 Å². The van der Waals surface area contributed by atoms with Crippen LogP contribution in [-0.4, -0.2) is 29.6 Å². The van der Waals surface area contributed by atoms with Gasteiger partial charge in [-0.2, -0.15) is 0 Å². The maximum Gasteiger partial charge on any atom is 0.123 e. The number of rotatable bonds is 4. The Labute approximate surface area is 114 Å². The average molecular weight is 262 g/mol. The normalized spacial score (nSPS) is 24.1. The van der Waals surface area contributed by atoms with Gasteiger partial charge in [-0.3, -0.25) is 4.90 Å². The molecule has 0 aromatic heterocycles. The van der Waals surface area contributed by atoms with Gasteiger partial charge in [0.05, 0.1) is 0 Å². The van der Waals surface area contributed by atoms with Crippen LogP contribution < -0.4 is 5.73 Å². The number of benzene rings is 1. The van der Waals surface area contributed by atoms with Crippen LogP contribution in [0.1, 0.15) is 37.7 Å². The van der Waals surface area contributed by atoms with Crippen molar-refractivity contribution in [2.24, 2.45) is 5.73 Å². The molecule has 2 aliphatic rings. The van der Waals surface area contributed by atoms with Gasteiger partial charge < -0.3 is 5.73 Å². The van der Waals surface area contributed by atoms with E-state index in [0.717, 1.165) is 19.3 Å². The summed E-state index contributed by atoms with van der Waals surface area (Å²) >= 11 is 0. The minimum atomic E-state index is -0.160. The van der Waals surface area contributed by atoms with Crippen LogP contribution in [0.4, 0.5) is 4.39 Å². The monoisotopic (exact) mass is 262 g/mol. The van der Waals surface area contributed by atoms with Crippen molar-refractivity contribution in [1.82, 2.24) is 4.90 Å². The van der Waals surface area contributed by atoms with Crippen LogP contribution in [0, 0.1) is 5.82 Å². The summed E-state index contributed by atoms with van der Waals surface area (Å²) in [6.45, 7) is 2.34. The van der Waals surface area contributed by atoms with E-state index in [1.807, 2.05) is 12.1 Å². The van der Waals surface area contributed by atoms with E-state index < -0.39 is 0 Å². The predicted octanol–water partition coefficient (Wildman–Crippen LogP) is 2.71. The van der Waals surface area contributed by atoms with Crippen molar-refractivity contribution >= 4 is 0 Å². The number of likely N-dealkylation sites (tertiary alicyclic amines) is 1. The summed E-state index contributed by atoms with van der Waals surface area (Å²) in [4.78, 5) is 2.57. The van der Waals surface area contributed by atoms with Crippen molar-refractivity contribution in [2.75, 3.05) is 13.1 Å². The lowest BCUT2D eigenvalue weighted by Gasteiger charge is -2.38. The van der Waals surface area contributed by atoms with Crippen molar-refractivity contribution in [3.63, 3.8) is 0 Å². The molecule has 0 radical (unpaired) electrons. The summed E-state index contributed by atoms with van der Waals surface area (Å²) in [5.41, 5.74) is 7.69. The van der Waals surface area contributed by atoms with Crippen LogP contribution in [0.25, 0.3) is 0 Å². The Morgan fingerprint density at radius 1 is 1.11 bits per heavy atom. The quantitative estimate of drug-likeness (QED) is 0.904. The second kappa shape index (κ2) is 5.22. The molecule has 1 aliphatic heterocycles. The third-order valence-corrected chi connectivity index (χ3v) is 4.66. The Balaban J connectivity index is 1.74. The Morgan fingerprint density at radius 2 is 1.74 bits per heavy atom. The molecule has 2 fully saturated rings. The fraction of sp³-hybridized carbons (Fsp3) is 0.625. The van der Waals surface area contributed by atoms with E-state index in [4.69, 9.17) is 5.73 Å². The highest BCUT2D eigenvalue weighted by molar-refractivity contribution is 5.21. The molecule has 1 atom stereocenters. The third-order valence-electron chi connectivity index (χ3n) is 4.66. The third kappa shape index (κ3) is 2.98. The Morgan fingerprint density at radius 3 is 2.32 bits per heavy atom. The molecular formula is C16H23FN2. The molecule has 1 aliphatic carbocycles. The summed E-state index contributed by atoms with van der Waals surface area (Å²) in [5.74, 6) is -0.160. The van der Waals surface area contributed by atoms with Crippen molar-refractivity contribution in [1.29, 1.82) is 0 Å². The molecule has 2 nitrogen and oxygen atoms in total. The lowest BCUT2D eigenvalue weighted by molar-refractivity contribution is 0.134. The largest absolute Gasteiger partial charge is 0.324 e. The zero-order valence-electron chi connectivity index (χ0n) is 11.4. The second-order valence-electron chi connectivity index (χ2n) is 6.18. The van der Waals surface area contributed by atoms with Gasteiger partial charge in [0.2, 0.25) is 0 Å². The van der Waals surface area contributed by atoms with Crippen molar-refractivity contribution in [3.8, 4) is 0 Å². The first-order chi connectivity index (χ1) is 9.17. The highest BCUT2D eigenvalue weighted by Crippen LogP contribution is 2.40. The van der Waals surface area contributed by atoms with Crippen LogP contribution in [-0.2, 0) is 6.42 Å². The fourth-order valence-corrected chi connectivity index (χ4v) is 3.25. The van der Waals surface area contributed by atoms with Crippen LogP contribution >= 0.6 is 0 Å². The summed E-state index contributed by atoms with van der Waals surface area (Å²) < 4.78 is 13.0. The number of nitrogens with zero attached hydrogens (tertiary/aromatic N) is 1. The summed E-state index contributed by atoms with van der Waals surface area (Å²) in [6, 6.07) is 7.34. The lowest BCUT2D eigenvalue weighted by atomic mass is 9.94. The average Bonchev–Trinajstić information content (AvgIpc) is 3.18. The number of halogens is 1. The number of hydrogen-bond donors (Lipinski definition) is 1. The van der Waals surface area contributed by atoms with E-state index in [1.54, 1.807) is 12.1 Å². The molecule has 19 heavy (non-hydrogen) atoms. The summed E-state index contributed by atoms with van der Waals surface area (Å²) in [5, 5.41) is 0. The fourth-order valence-electron chi connectivity index (χ4n) is 3.25. The molecule has 3 rings (SSSR count). The maximum absolute atomic E-state index is 13.0. The SMILES string of the molecule is NC1(C(Cc2ccc(F)cc2)N2CCCCC2)CC1. The van der Waals surface area contributed by atoms with Crippen LogP contribution in [0.5, 0.6) is 0 Å². The van der Waals surface area contributed by atoms with Crippen LogP contribution in [0.2, 0.25) is 0 Å². The standard InChI is InChI=1S/C16H23FN2/c17-14-6-4-13(5-7-14)12-15(16(18)8-9-16)19-10-2-1-3-11-19/h4-7,15H,1-3,8-12,18H2. The van der Waals surface area contributed by atoms with E-state index in [0.29, 0.717) is 6.04 Å². The van der Waals surface area contributed by atoms with Gasteiger partial charge in [-0.05, 0) is 62.9 Å². The van der Waals surface area contributed by atoms with Gasteiger partial charge >= 0.3 is 0 Å². The molecule has 0 bridgehead atoms. The lowest BCUT2D eigenvalue weighted by Crippen LogP contribution is -2.52. The first-order valence-electron chi connectivity index (χ1n) is 7.45. The van der Waals surface area contributed by atoms with E-state index >= 15 is 0 Å². The second-order valence-corrected chi connectivity index (χ2v) is 6.18. The molecule has 2 N–H and O–H groups in total. The molecule has 1 saturated heterocycles. The van der Waals surface area contributed by atoms with E-state index in [-0.39, 0.29) is 11.4 Å². The van der Waals surface area contributed by atoms with Gasteiger partial charge in [-0.25, -0.2) is 4.39 Å². The summed E-state index contributed by atoms with van der Waals surface area (Å²) in [7, 11) is 0. The first kappa shape index (κ1) is 13.1. The molecular weight excluding hydrogens is 239 g/mol. The predicted molar refractivity (Wildman–Crippen MR) is 75.5 cm³/mol. The Kier molecular flexibility index (Phi) is 3.59. The smallest absolute Gasteiger partial charge is 0.123 e. The van der Waals surface area contributed by atoms with Crippen molar-refractivity contribution < 1.29 is 4.39 Å². The Hall–Kier alpha value is -0.930. The molecule has 1 unspecified atom stereocenters. The molecule has 0 amide bonds. The van der Waals surface area contributed by atoms with E-state index in [2.05, 4.69) is 4.90 Å². The van der Waals surface area contributed by atoms with Gasteiger partial charge in [0.25, 0.3) is 0 Å². The van der Waals surface area contributed by atoms with E-state index in [1.165, 1.54) is 37.9 Å². The number of hydrogen-bond acceptors (Lipinski definition) is 2. The van der Waals surface area contributed by atoms with Gasteiger partial charge in [-0.1, -0.05) is 18.6 Å². The number of nitrogens with two attached hydrogens (primary N) is 1. The zero-order chi connectivity index (χ0) is 13.3. The highest BCUT2D eigenvalue weighted by atomic mass is 19.1. The number of piperidine rings is 1. The van der Waals surface area contributed by atoms with Gasteiger partial charge in [0.1, 0.15) is 5.82 Å². The van der Waals surface area contributed by atoms with Gasteiger partial charge in [0, 0.05) is 11.6 Å². The molecule has 3 heteroatoms. The summed E-state index contributed by atoms with van der Waals surface area (Å²) in [6.07, 6.45) is 7.14. The Bertz CT molecular complexity index is 419. The highest BCUT2D eigenvalue weighted by Gasteiger charge is 2.48.